The Morgan fingerprint density at radius 2 is 2.39 bits per heavy atom. The maximum absolute atomic E-state index is 11.7. The molecule has 0 aliphatic heterocycles. The summed E-state index contributed by atoms with van der Waals surface area (Å²) in [7, 11) is 0. The number of carbonyl (C=O) groups excluding carboxylic acids is 1. The molecule has 0 aliphatic rings. The minimum Gasteiger partial charge on any atom is -0.355 e. The molecule has 0 saturated carbocycles. The molecule has 1 amide bonds. The number of fused-ring (bicyclic) bond motifs is 1. The van der Waals surface area contributed by atoms with Crippen molar-refractivity contribution in [2.45, 2.75) is 25.8 Å². The van der Waals surface area contributed by atoms with E-state index in [4.69, 9.17) is 11.6 Å². The van der Waals surface area contributed by atoms with Crippen LogP contribution in [0.2, 0.25) is 0 Å². The van der Waals surface area contributed by atoms with E-state index in [1.165, 1.54) is 0 Å². The second-order valence-electron chi connectivity index (χ2n) is 3.97. The third-order valence-corrected chi connectivity index (χ3v) is 2.76. The Bertz CT molecular complexity index is 564. The van der Waals surface area contributed by atoms with E-state index in [1.54, 1.807) is 10.8 Å². The molecule has 1 atom stereocenters. The zero-order chi connectivity index (χ0) is 13.1. The van der Waals surface area contributed by atoms with Crippen LogP contribution in [0, 0.1) is 0 Å². The number of hydrogen-bond donors (Lipinski definition) is 1. The van der Waals surface area contributed by atoms with Crippen LogP contribution >= 0.6 is 11.6 Å². The van der Waals surface area contributed by atoms with E-state index in [0.717, 1.165) is 5.52 Å². The fourth-order valence-corrected chi connectivity index (χ4v) is 2.00. The van der Waals surface area contributed by atoms with Gasteiger partial charge < -0.3 is 9.88 Å². The van der Waals surface area contributed by atoms with Gasteiger partial charge in [-0.2, -0.15) is 0 Å². The van der Waals surface area contributed by atoms with Gasteiger partial charge in [-0.05, 0) is 26.0 Å². The maximum Gasteiger partial charge on any atom is 0.240 e. The minimum atomic E-state index is -0.270. The van der Waals surface area contributed by atoms with E-state index in [0.29, 0.717) is 18.0 Å². The summed E-state index contributed by atoms with van der Waals surface area (Å²) < 4.78 is 1.76. The maximum atomic E-state index is 11.7. The highest BCUT2D eigenvalue weighted by Gasteiger charge is 2.17. The first-order valence-corrected chi connectivity index (χ1v) is 6.29. The van der Waals surface area contributed by atoms with Crippen molar-refractivity contribution in [1.29, 1.82) is 0 Å². The van der Waals surface area contributed by atoms with Crippen LogP contribution in [0.5, 0.6) is 0 Å². The summed E-state index contributed by atoms with van der Waals surface area (Å²) in [6.45, 7) is 4.50. The molecule has 0 saturated heterocycles. The standard InChI is InChI=1S/C12H15ClN4O/c1-3-14-10(18)7-17-11(8(2)13)16-9-5-4-6-15-12(9)17/h4-6,8H,3,7H2,1-2H3,(H,14,18). The topological polar surface area (TPSA) is 59.8 Å². The molecule has 0 aliphatic carbocycles. The summed E-state index contributed by atoms with van der Waals surface area (Å²) in [6, 6.07) is 3.67. The lowest BCUT2D eigenvalue weighted by molar-refractivity contribution is -0.121. The highest BCUT2D eigenvalue weighted by molar-refractivity contribution is 6.20. The number of carbonyl (C=O) groups is 1. The molecular formula is C12H15ClN4O. The number of imidazole rings is 1. The van der Waals surface area contributed by atoms with Crippen molar-refractivity contribution >= 4 is 28.7 Å². The van der Waals surface area contributed by atoms with Gasteiger partial charge in [-0.1, -0.05) is 0 Å². The van der Waals surface area contributed by atoms with Gasteiger partial charge in [0, 0.05) is 12.7 Å². The van der Waals surface area contributed by atoms with E-state index >= 15 is 0 Å². The summed E-state index contributed by atoms with van der Waals surface area (Å²) in [4.78, 5) is 20.4. The fraction of sp³-hybridized carbons (Fsp3) is 0.417. The summed E-state index contributed by atoms with van der Waals surface area (Å²) in [6.07, 6.45) is 1.68. The molecule has 0 fully saturated rings. The lowest BCUT2D eigenvalue weighted by Gasteiger charge is -2.09. The Hall–Kier alpha value is -1.62. The first-order valence-electron chi connectivity index (χ1n) is 5.85. The molecule has 0 radical (unpaired) electrons. The van der Waals surface area contributed by atoms with Gasteiger partial charge in [0.05, 0.1) is 5.38 Å². The second-order valence-corrected chi connectivity index (χ2v) is 4.63. The molecule has 96 valence electrons. The predicted molar refractivity (Wildman–Crippen MR) is 70.5 cm³/mol. The van der Waals surface area contributed by atoms with Gasteiger partial charge in [0.25, 0.3) is 0 Å². The van der Waals surface area contributed by atoms with Gasteiger partial charge in [0.1, 0.15) is 17.9 Å². The molecule has 2 aromatic heterocycles. The zero-order valence-electron chi connectivity index (χ0n) is 10.4. The van der Waals surface area contributed by atoms with Crippen molar-refractivity contribution in [2.75, 3.05) is 6.54 Å². The number of nitrogens with zero attached hydrogens (tertiary/aromatic N) is 3. The Balaban J connectivity index is 2.45. The molecule has 2 rings (SSSR count). The number of hydrogen-bond acceptors (Lipinski definition) is 3. The third kappa shape index (κ3) is 2.46. The third-order valence-electron chi connectivity index (χ3n) is 2.56. The Morgan fingerprint density at radius 1 is 1.61 bits per heavy atom. The van der Waals surface area contributed by atoms with Crippen LogP contribution in [0.25, 0.3) is 11.2 Å². The first kappa shape index (κ1) is 12.8. The lowest BCUT2D eigenvalue weighted by Crippen LogP contribution is -2.28. The highest BCUT2D eigenvalue weighted by Crippen LogP contribution is 2.22. The quantitative estimate of drug-likeness (QED) is 0.860. The molecule has 0 aromatic carbocycles. The smallest absolute Gasteiger partial charge is 0.240 e. The van der Waals surface area contributed by atoms with Gasteiger partial charge in [-0.3, -0.25) is 4.79 Å². The van der Waals surface area contributed by atoms with E-state index in [1.807, 2.05) is 26.0 Å². The number of amides is 1. The molecular weight excluding hydrogens is 252 g/mol. The Kier molecular flexibility index (Phi) is 3.81. The predicted octanol–water partition coefficient (Wildman–Crippen LogP) is 1.87. The summed E-state index contributed by atoms with van der Waals surface area (Å²) >= 11 is 6.10. The van der Waals surface area contributed by atoms with Crippen LogP contribution in [-0.2, 0) is 11.3 Å². The average Bonchev–Trinajstić information content (AvgIpc) is 2.69. The number of pyridine rings is 1. The van der Waals surface area contributed by atoms with Gasteiger partial charge in [0.15, 0.2) is 5.65 Å². The largest absolute Gasteiger partial charge is 0.355 e. The normalized spacial score (nSPS) is 12.6. The van der Waals surface area contributed by atoms with Gasteiger partial charge in [-0.15, -0.1) is 11.6 Å². The first-order chi connectivity index (χ1) is 8.63. The number of likely N-dealkylation sites (N-methyl/N-ethyl adjacent to an activating group) is 1. The van der Waals surface area contributed by atoms with E-state index in [9.17, 15) is 4.79 Å². The second kappa shape index (κ2) is 5.35. The van der Waals surface area contributed by atoms with Crippen LogP contribution < -0.4 is 5.32 Å². The molecule has 18 heavy (non-hydrogen) atoms. The molecule has 1 N–H and O–H groups in total. The molecule has 2 heterocycles. The van der Waals surface area contributed by atoms with Crippen LogP contribution in [0.3, 0.4) is 0 Å². The van der Waals surface area contributed by atoms with Gasteiger partial charge >= 0.3 is 0 Å². The Morgan fingerprint density at radius 3 is 3.06 bits per heavy atom. The fourth-order valence-electron chi connectivity index (χ4n) is 1.83. The van der Waals surface area contributed by atoms with Gasteiger partial charge in [-0.25, -0.2) is 9.97 Å². The van der Waals surface area contributed by atoms with Crippen LogP contribution in [0.15, 0.2) is 18.3 Å². The number of aromatic nitrogens is 3. The van der Waals surface area contributed by atoms with Crippen LogP contribution in [-0.4, -0.2) is 27.0 Å². The van der Waals surface area contributed by atoms with Crippen molar-refractivity contribution < 1.29 is 4.79 Å². The van der Waals surface area contributed by atoms with Gasteiger partial charge in [0.2, 0.25) is 5.91 Å². The number of alkyl halides is 1. The summed E-state index contributed by atoms with van der Waals surface area (Å²) in [5.74, 6) is 0.595. The molecule has 2 aromatic rings. The number of halogens is 1. The SMILES string of the molecule is CCNC(=O)Cn1c(C(C)Cl)nc2cccnc21. The van der Waals surface area contributed by atoms with Crippen molar-refractivity contribution in [3.8, 4) is 0 Å². The summed E-state index contributed by atoms with van der Waals surface area (Å²) in [5, 5.41) is 2.49. The van der Waals surface area contributed by atoms with Crippen LogP contribution in [0.4, 0.5) is 0 Å². The Labute approximate surface area is 110 Å². The monoisotopic (exact) mass is 266 g/mol. The molecule has 0 spiro atoms. The summed E-state index contributed by atoms with van der Waals surface area (Å²) in [5.41, 5.74) is 1.44. The van der Waals surface area contributed by atoms with E-state index < -0.39 is 0 Å². The van der Waals surface area contributed by atoms with E-state index in [-0.39, 0.29) is 17.8 Å². The molecule has 5 nitrogen and oxygen atoms in total. The molecule has 1 unspecified atom stereocenters. The van der Waals surface area contributed by atoms with E-state index in [2.05, 4.69) is 15.3 Å². The van der Waals surface area contributed by atoms with Crippen molar-refractivity contribution in [2.24, 2.45) is 0 Å². The average molecular weight is 267 g/mol. The van der Waals surface area contributed by atoms with Crippen molar-refractivity contribution in [3.63, 3.8) is 0 Å². The molecule has 0 bridgehead atoms. The molecule has 6 heteroatoms. The highest BCUT2D eigenvalue weighted by atomic mass is 35.5. The number of rotatable bonds is 4. The zero-order valence-corrected chi connectivity index (χ0v) is 11.1. The van der Waals surface area contributed by atoms with Crippen LogP contribution in [0.1, 0.15) is 25.0 Å². The van der Waals surface area contributed by atoms with Crippen molar-refractivity contribution in [1.82, 2.24) is 19.9 Å². The van der Waals surface area contributed by atoms with Crippen molar-refractivity contribution in [3.05, 3.63) is 24.2 Å². The lowest BCUT2D eigenvalue weighted by atomic mass is 10.4. The number of nitrogens with one attached hydrogen (secondary N) is 1. The minimum absolute atomic E-state index is 0.0685.